The van der Waals surface area contributed by atoms with Gasteiger partial charge in [-0.15, -0.1) is 0 Å². The van der Waals surface area contributed by atoms with Crippen LogP contribution in [0.1, 0.15) is 12.1 Å². The lowest BCUT2D eigenvalue weighted by molar-refractivity contribution is 0.387. The molecule has 1 aliphatic heterocycles. The number of hydrogen-bond donors (Lipinski definition) is 3. The van der Waals surface area contributed by atoms with Crippen LogP contribution in [0.5, 0.6) is 5.75 Å². The Morgan fingerprint density at radius 1 is 1.03 bits per heavy atom. The fourth-order valence-electron chi connectivity index (χ4n) is 5.60. The van der Waals surface area contributed by atoms with Crippen molar-refractivity contribution in [2.24, 2.45) is 0 Å². The molecule has 4 heterocycles. The average molecular weight is 512 g/mol. The van der Waals surface area contributed by atoms with Gasteiger partial charge in [-0.1, -0.05) is 6.07 Å². The zero-order chi connectivity index (χ0) is 26.4. The first kappa shape index (κ1) is 24.4. The van der Waals surface area contributed by atoms with Crippen molar-refractivity contribution in [1.29, 1.82) is 0 Å². The number of nitrogens with zero attached hydrogens (tertiary/aromatic N) is 5. The van der Waals surface area contributed by atoms with Crippen molar-refractivity contribution in [3.05, 3.63) is 58.5 Å². The molecule has 3 aromatic heterocycles. The topological polar surface area (TPSA) is 102 Å². The van der Waals surface area contributed by atoms with Crippen LogP contribution in [-0.4, -0.2) is 76.6 Å². The molecule has 0 saturated carbocycles. The third-order valence-electron chi connectivity index (χ3n) is 7.50. The molecule has 1 saturated heterocycles. The third-order valence-corrected chi connectivity index (χ3v) is 7.50. The maximum Gasteiger partial charge on any atom is 0.261 e. The molecule has 0 amide bonds. The highest BCUT2D eigenvalue weighted by molar-refractivity contribution is 6.21. The second-order valence-corrected chi connectivity index (χ2v) is 10.3. The van der Waals surface area contributed by atoms with E-state index in [2.05, 4.69) is 57.6 Å². The van der Waals surface area contributed by atoms with Gasteiger partial charge in [0.25, 0.3) is 5.56 Å². The number of H-pyrrole nitrogens is 1. The third kappa shape index (κ3) is 4.17. The molecule has 9 heteroatoms. The molecule has 196 valence electrons. The van der Waals surface area contributed by atoms with Crippen LogP contribution in [0.3, 0.4) is 0 Å². The number of rotatable bonds is 6. The minimum absolute atomic E-state index is 0.0539. The number of aromatic hydroxyl groups is 1. The Balaban J connectivity index is 1.70. The Bertz CT molecular complexity index is 1700. The summed E-state index contributed by atoms with van der Waals surface area (Å²) in [5.41, 5.74) is 4.84. The van der Waals surface area contributed by atoms with E-state index in [0.717, 1.165) is 77.8 Å². The molecular weight excluding hydrogens is 478 g/mol. The standard InChI is InChI=1S/C29H33N7O2/c1-18-24-25-22-10-7-20(35-15-11-30-12-16-35)17-23(22)36(14-4-13-34(2)3)29(38)26(25)27(31-28(24)33-32-18)19-5-8-21(37)9-6-19/h5-10,17,30,37H,4,11-16H2,1-3H3,(H,31,32,33). The molecule has 5 aromatic rings. The van der Waals surface area contributed by atoms with Gasteiger partial charge in [-0.2, -0.15) is 5.10 Å². The van der Waals surface area contributed by atoms with E-state index in [1.165, 1.54) is 0 Å². The first-order chi connectivity index (χ1) is 18.4. The summed E-state index contributed by atoms with van der Waals surface area (Å²) in [4.78, 5) is 23.9. The van der Waals surface area contributed by atoms with Crippen molar-refractivity contribution in [2.45, 2.75) is 19.9 Å². The highest BCUT2D eigenvalue weighted by Gasteiger charge is 2.22. The Labute approximate surface area is 220 Å². The number of phenolic OH excluding ortho intramolecular Hbond substituents is 1. The molecule has 0 radical (unpaired) electrons. The van der Waals surface area contributed by atoms with E-state index in [1.54, 1.807) is 24.3 Å². The molecule has 38 heavy (non-hydrogen) atoms. The summed E-state index contributed by atoms with van der Waals surface area (Å²) in [6.45, 7) is 7.19. The fourth-order valence-corrected chi connectivity index (χ4v) is 5.60. The van der Waals surface area contributed by atoms with E-state index in [1.807, 2.05) is 11.5 Å². The molecule has 9 nitrogen and oxygen atoms in total. The Morgan fingerprint density at radius 2 is 1.79 bits per heavy atom. The first-order valence-corrected chi connectivity index (χ1v) is 13.2. The zero-order valence-electron chi connectivity index (χ0n) is 22.1. The molecule has 1 fully saturated rings. The molecule has 1 aliphatic rings. The summed E-state index contributed by atoms with van der Waals surface area (Å²) in [6, 6.07) is 13.4. The Kier molecular flexibility index (Phi) is 6.25. The number of benzene rings is 2. The second kappa shape index (κ2) is 9.74. The van der Waals surface area contributed by atoms with Crippen molar-refractivity contribution >= 4 is 38.4 Å². The number of aryl methyl sites for hydroxylation is 2. The number of phenols is 1. The van der Waals surface area contributed by atoms with Gasteiger partial charge in [0.1, 0.15) is 5.75 Å². The van der Waals surface area contributed by atoms with E-state index in [9.17, 15) is 9.90 Å². The van der Waals surface area contributed by atoms with E-state index >= 15 is 0 Å². The van der Waals surface area contributed by atoms with Gasteiger partial charge in [0.2, 0.25) is 0 Å². The van der Waals surface area contributed by atoms with E-state index < -0.39 is 0 Å². The average Bonchev–Trinajstić information content (AvgIpc) is 3.30. The molecular formula is C29H33N7O2. The summed E-state index contributed by atoms with van der Waals surface area (Å²) in [6.07, 6.45) is 0.848. The van der Waals surface area contributed by atoms with Crippen LogP contribution in [0.15, 0.2) is 47.3 Å². The van der Waals surface area contributed by atoms with Crippen LogP contribution in [0, 0.1) is 6.92 Å². The first-order valence-electron chi connectivity index (χ1n) is 13.2. The minimum Gasteiger partial charge on any atom is -0.508 e. The van der Waals surface area contributed by atoms with Crippen molar-refractivity contribution in [3.63, 3.8) is 0 Å². The van der Waals surface area contributed by atoms with E-state index in [-0.39, 0.29) is 11.3 Å². The number of piperazine rings is 1. The maximum absolute atomic E-state index is 14.4. The number of pyridine rings is 2. The van der Waals surface area contributed by atoms with Crippen LogP contribution in [-0.2, 0) is 6.54 Å². The monoisotopic (exact) mass is 511 g/mol. The van der Waals surface area contributed by atoms with Crippen LogP contribution in [0.2, 0.25) is 0 Å². The van der Waals surface area contributed by atoms with Crippen molar-refractivity contribution in [1.82, 2.24) is 30.0 Å². The summed E-state index contributed by atoms with van der Waals surface area (Å²) in [7, 11) is 4.10. The number of aromatic amines is 1. The molecule has 0 unspecified atom stereocenters. The number of hydrogen-bond acceptors (Lipinski definition) is 7. The fraction of sp³-hybridized carbons (Fsp3) is 0.345. The normalized spacial score (nSPS) is 14.4. The van der Waals surface area contributed by atoms with Gasteiger partial charge in [0, 0.05) is 54.7 Å². The molecule has 0 aliphatic carbocycles. The number of aromatic nitrogens is 4. The lowest BCUT2D eigenvalue weighted by Gasteiger charge is -2.30. The van der Waals surface area contributed by atoms with Crippen molar-refractivity contribution < 1.29 is 5.11 Å². The van der Waals surface area contributed by atoms with Crippen molar-refractivity contribution in [3.8, 4) is 17.0 Å². The molecule has 0 spiro atoms. The van der Waals surface area contributed by atoms with Crippen LogP contribution >= 0.6 is 0 Å². The van der Waals surface area contributed by atoms with Gasteiger partial charge in [-0.05, 0) is 70.4 Å². The minimum atomic E-state index is -0.0539. The number of nitrogens with one attached hydrogen (secondary N) is 2. The lowest BCUT2D eigenvalue weighted by Crippen LogP contribution is -2.43. The lowest BCUT2D eigenvalue weighted by atomic mass is 9.98. The molecule has 3 N–H and O–H groups in total. The van der Waals surface area contributed by atoms with Gasteiger partial charge in [0.05, 0.1) is 27.7 Å². The summed E-state index contributed by atoms with van der Waals surface area (Å²) in [5, 5.41) is 24.2. The van der Waals surface area contributed by atoms with Gasteiger partial charge in [-0.25, -0.2) is 4.98 Å². The summed E-state index contributed by atoms with van der Waals surface area (Å²) >= 11 is 0. The van der Waals surface area contributed by atoms with Gasteiger partial charge in [0.15, 0.2) is 5.65 Å². The highest BCUT2D eigenvalue weighted by Crippen LogP contribution is 2.37. The summed E-state index contributed by atoms with van der Waals surface area (Å²) < 4.78 is 1.93. The van der Waals surface area contributed by atoms with E-state index in [0.29, 0.717) is 23.3 Å². The SMILES string of the molecule is Cc1n[nH]c2nc(-c3ccc(O)cc3)c3c(=O)n(CCCN(C)C)c4cc(N5CCNCC5)ccc4c3c12. The summed E-state index contributed by atoms with van der Waals surface area (Å²) in [5.74, 6) is 0.170. The van der Waals surface area contributed by atoms with Crippen LogP contribution < -0.4 is 15.8 Å². The van der Waals surface area contributed by atoms with Gasteiger partial charge < -0.3 is 24.8 Å². The largest absolute Gasteiger partial charge is 0.508 e. The molecule has 2 aromatic carbocycles. The Hall–Kier alpha value is -3.95. The van der Waals surface area contributed by atoms with Crippen LogP contribution in [0.4, 0.5) is 5.69 Å². The predicted octanol–water partition coefficient (Wildman–Crippen LogP) is 3.47. The second-order valence-electron chi connectivity index (χ2n) is 10.3. The smallest absolute Gasteiger partial charge is 0.261 e. The van der Waals surface area contributed by atoms with Crippen molar-refractivity contribution in [2.75, 3.05) is 51.7 Å². The van der Waals surface area contributed by atoms with E-state index in [4.69, 9.17) is 4.98 Å². The maximum atomic E-state index is 14.4. The molecule has 0 atom stereocenters. The van der Waals surface area contributed by atoms with Gasteiger partial charge in [-0.3, -0.25) is 9.89 Å². The van der Waals surface area contributed by atoms with Crippen LogP contribution in [0.25, 0.3) is 44.0 Å². The Morgan fingerprint density at radius 3 is 2.53 bits per heavy atom. The predicted molar refractivity (Wildman–Crippen MR) is 153 cm³/mol. The number of anilines is 1. The highest BCUT2D eigenvalue weighted by atomic mass is 16.3. The molecule has 6 rings (SSSR count). The quantitative estimate of drug-likeness (QED) is 0.300. The van der Waals surface area contributed by atoms with Gasteiger partial charge >= 0.3 is 0 Å². The zero-order valence-corrected chi connectivity index (χ0v) is 22.1. The molecule has 0 bridgehead atoms. The number of fused-ring (bicyclic) bond motifs is 5.